The summed E-state index contributed by atoms with van der Waals surface area (Å²) in [5.41, 5.74) is 0.138. The Kier molecular flexibility index (Phi) is 3.28. The van der Waals surface area contributed by atoms with Gasteiger partial charge in [-0.1, -0.05) is 12.1 Å². The zero-order valence-electron chi connectivity index (χ0n) is 9.58. The van der Waals surface area contributed by atoms with Crippen molar-refractivity contribution >= 4 is 0 Å². The van der Waals surface area contributed by atoms with Gasteiger partial charge in [0.1, 0.15) is 11.5 Å². The van der Waals surface area contributed by atoms with Crippen molar-refractivity contribution in [2.45, 2.75) is 13.1 Å². The summed E-state index contributed by atoms with van der Waals surface area (Å²) >= 11 is 0. The van der Waals surface area contributed by atoms with Crippen LogP contribution in [0.2, 0.25) is 0 Å². The lowest BCUT2D eigenvalue weighted by atomic mass is 10.2. The van der Waals surface area contributed by atoms with Crippen LogP contribution in [0, 0.1) is 13.0 Å². The van der Waals surface area contributed by atoms with Gasteiger partial charge in [0, 0.05) is 0 Å². The van der Waals surface area contributed by atoms with E-state index in [9.17, 15) is 13.2 Å². The zero-order valence-corrected chi connectivity index (χ0v) is 9.58. The van der Waals surface area contributed by atoms with Crippen LogP contribution in [0.3, 0.4) is 0 Å². The maximum absolute atomic E-state index is 12.5. The van der Waals surface area contributed by atoms with Crippen molar-refractivity contribution in [3.8, 4) is 11.5 Å². The van der Waals surface area contributed by atoms with E-state index in [1.165, 1.54) is 12.1 Å². The average molecular weight is 251 g/mol. The van der Waals surface area contributed by atoms with Crippen molar-refractivity contribution in [3.05, 3.63) is 59.7 Å². The van der Waals surface area contributed by atoms with E-state index in [1.54, 1.807) is 18.2 Å². The van der Waals surface area contributed by atoms with Gasteiger partial charge in [0.2, 0.25) is 0 Å². The van der Waals surface area contributed by atoms with Crippen molar-refractivity contribution in [2.24, 2.45) is 0 Å². The molecule has 0 aliphatic rings. The lowest BCUT2D eigenvalue weighted by molar-refractivity contribution is -0.137. The molecule has 0 spiro atoms. The quantitative estimate of drug-likeness (QED) is 0.757. The number of halogens is 3. The minimum absolute atomic E-state index is 0.162. The average Bonchev–Trinajstić information content (AvgIpc) is 2.28. The molecule has 0 saturated heterocycles. The van der Waals surface area contributed by atoms with Gasteiger partial charge in [0.15, 0.2) is 0 Å². The lowest BCUT2D eigenvalue weighted by Crippen LogP contribution is -2.04. The van der Waals surface area contributed by atoms with Crippen LogP contribution in [-0.2, 0) is 6.18 Å². The van der Waals surface area contributed by atoms with Gasteiger partial charge >= 0.3 is 6.18 Å². The van der Waals surface area contributed by atoms with Crippen molar-refractivity contribution < 1.29 is 17.9 Å². The van der Waals surface area contributed by atoms with Crippen molar-refractivity contribution in [1.82, 2.24) is 0 Å². The Morgan fingerprint density at radius 1 is 1.06 bits per heavy atom. The van der Waals surface area contributed by atoms with Gasteiger partial charge in [-0.25, -0.2) is 0 Å². The summed E-state index contributed by atoms with van der Waals surface area (Å²) in [6.07, 6.45) is -4.36. The molecule has 0 unspecified atom stereocenters. The molecule has 1 radical (unpaired) electrons. The third-order valence-corrected chi connectivity index (χ3v) is 2.31. The molecule has 0 saturated carbocycles. The number of aryl methyl sites for hydroxylation is 1. The molecule has 0 aromatic heterocycles. The fraction of sp³-hybridized carbons (Fsp3) is 0.143. The van der Waals surface area contributed by atoms with Gasteiger partial charge in [0.05, 0.1) is 5.56 Å². The normalized spacial score (nSPS) is 11.3. The van der Waals surface area contributed by atoms with Gasteiger partial charge in [-0.15, -0.1) is 0 Å². The van der Waals surface area contributed by atoms with E-state index in [0.29, 0.717) is 5.75 Å². The molecule has 1 nitrogen and oxygen atoms in total. The summed E-state index contributed by atoms with van der Waals surface area (Å²) in [4.78, 5) is 0. The summed E-state index contributed by atoms with van der Waals surface area (Å²) in [5.74, 6) is 0.654. The monoisotopic (exact) mass is 251 g/mol. The Hall–Kier alpha value is -1.97. The molecule has 4 heteroatoms. The SMILES string of the molecule is Cc1[c]ccc(Oc2cccc(C(F)(F)F)c2)c1. The number of alkyl halides is 3. The van der Waals surface area contributed by atoms with Crippen LogP contribution >= 0.6 is 0 Å². The van der Waals surface area contributed by atoms with Crippen molar-refractivity contribution in [3.63, 3.8) is 0 Å². The molecular weight excluding hydrogens is 241 g/mol. The minimum Gasteiger partial charge on any atom is -0.457 e. The van der Waals surface area contributed by atoms with E-state index < -0.39 is 11.7 Å². The Labute approximate surface area is 103 Å². The highest BCUT2D eigenvalue weighted by molar-refractivity contribution is 5.36. The second-order valence-electron chi connectivity index (χ2n) is 3.84. The molecule has 2 aromatic carbocycles. The maximum Gasteiger partial charge on any atom is 0.416 e. The molecule has 0 aliphatic heterocycles. The zero-order chi connectivity index (χ0) is 13.2. The van der Waals surface area contributed by atoms with Gasteiger partial charge in [-0.2, -0.15) is 13.2 Å². The number of rotatable bonds is 2. The third kappa shape index (κ3) is 3.03. The van der Waals surface area contributed by atoms with E-state index in [4.69, 9.17) is 4.74 Å². The Bertz CT molecular complexity index is 547. The van der Waals surface area contributed by atoms with Gasteiger partial charge < -0.3 is 4.74 Å². The Morgan fingerprint density at radius 2 is 1.78 bits per heavy atom. The summed E-state index contributed by atoms with van der Waals surface area (Å²) in [5, 5.41) is 0. The fourth-order valence-corrected chi connectivity index (χ4v) is 1.49. The van der Waals surface area contributed by atoms with E-state index in [-0.39, 0.29) is 5.75 Å². The minimum atomic E-state index is -4.36. The Balaban J connectivity index is 2.25. The number of benzene rings is 2. The summed E-state index contributed by atoms with van der Waals surface area (Å²) < 4.78 is 42.9. The first-order chi connectivity index (χ1) is 8.45. The van der Waals surface area contributed by atoms with Gasteiger partial charge in [0.25, 0.3) is 0 Å². The first-order valence-electron chi connectivity index (χ1n) is 5.28. The highest BCUT2D eigenvalue weighted by Crippen LogP contribution is 2.32. The first-order valence-corrected chi connectivity index (χ1v) is 5.28. The fourth-order valence-electron chi connectivity index (χ4n) is 1.49. The molecule has 93 valence electrons. The van der Waals surface area contributed by atoms with E-state index in [1.807, 2.05) is 6.92 Å². The molecule has 0 N–H and O–H groups in total. The number of hydrogen-bond donors (Lipinski definition) is 0. The largest absolute Gasteiger partial charge is 0.457 e. The topological polar surface area (TPSA) is 9.23 Å². The van der Waals surface area contributed by atoms with Crippen LogP contribution in [0.5, 0.6) is 11.5 Å². The van der Waals surface area contributed by atoms with Crippen LogP contribution < -0.4 is 4.74 Å². The van der Waals surface area contributed by atoms with Crippen LogP contribution in [0.15, 0.2) is 42.5 Å². The molecule has 0 fully saturated rings. The lowest BCUT2D eigenvalue weighted by Gasteiger charge is -2.10. The maximum atomic E-state index is 12.5. The molecule has 0 bridgehead atoms. The van der Waals surface area contributed by atoms with Crippen molar-refractivity contribution in [2.75, 3.05) is 0 Å². The molecule has 0 heterocycles. The molecular formula is C14H10F3O. The van der Waals surface area contributed by atoms with Crippen molar-refractivity contribution in [1.29, 1.82) is 0 Å². The van der Waals surface area contributed by atoms with Gasteiger partial charge in [-0.3, -0.25) is 0 Å². The van der Waals surface area contributed by atoms with E-state index >= 15 is 0 Å². The second kappa shape index (κ2) is 4.72. The van der Waals surface area contributed by atoms with Gasteiger partial charge in [-0.05, 0) is 48.9 Å². The molecule has 18 heavy (non-hydrogen) atoms. The standard InChI is InChI=1S/C14H10F3O/c1-10-4-2-6-12(8-10)18-13-7-3-5-11(9-13)14(15,16)17/h2-3,5-9H,1H3. The first kappa shape index (κ1) is 12.5. The third-order valence-electron chi connectivity index (χ3n) is 2.31. The highest BCUT2D eigenvalue weighted by atomic mass is 19.4. The predicted octanol–water partition coefficient (Wildman–Crippen LogP) is 4.61. The Morgan fingerprint density at radius 3 is 2.44 bits per heavy atom. The van der Waals surface area contributed by atoms with E-state index in [0.717, 1.165) is 17.7 Å². The second-order valence-corrected chi connectivity index (χ2v) is 3.84. The number of hydrogen-bond acceptors (Lipinski definition) is 1. The molecule has 2 aromatic rings. The van der Waals surface area contributed by atoms with Crippen LogP contribution in [0.1, 0.15) is 11.1 Å². The van der Waals surface area contributed by atoms with E-state index in [2.05, 4.69) is 6.07 Å². The smallest absolute Gasteiger partial charge is 0.416 e. The highest BCUT2D eigenvalue weighted by Gasteiger charge is 2.30. The molecule has 0 amide bonds. The molecule has 0 aliphatic carbocycles. The summed E-state index contributed by atoms with van der Waals surface area (Å²) in [6, 6.07) is 12.7. The molecule has 0 atom stereocenters. The molecule has 2 rings (SSSR count). The predicted molar refractivity (Wildman–Crippen MR) is 61.5 cm³/mol. The number of ether oxygens (including phenoxy) is 1. The summed E-state index contributed by atoms with van der Waals surface area (Å²) in [7, 11) is 0. The van der Waals surface area contributed by atoms with Crippen LogP contribution in [-0.4, -0.2) is 0 Å². The van der Waals surface area contributed by atoms with Crippen LogP contribution in [0.25, 0.3) is 0 Å². The van der Waals surface area contributed by atoms with Crippen LogP contribution in [0.4, 0.5) is 13.2 Å². The summed E-state index contributed by atoms with van der Waals surface area (Å²) in [6.45, 7) is 1.83.